The zero-order chi connectivity index (χ0) is 13.0. The van der Waals surface area contributed by atoms with Gasteiger partial charge < -0.3 is 9.84 Å². The topological polar surface area (TPSA) is 94.1 Å². The van der Waals surface area contributed by atoms with Crippen LogP contribution in [0.25, 0.3) is 0 Å². The van der Waals surface area contributed by atoms with Crippen LogP contribution in [0.15, 0.2) is 28.8 Å². The highest BCUT2D eigenvalue weighted by Crippen LogP contribution is 2.12. The summed E-state index contributed by atoms with van der Waals surface area (Å²) in [5, 5.41) is 17.3. The number of non-ortho nitro benzene ring substituents is 1. The third-order valence-electron chi connectivity index (χ3n) is 2.30. The van der Waals surface area contributed by atoms with Gasteiger partial charge in [0.05, 0.1) is 11.5 Å². The molecule has 2 aromatic rings. The average molecular weight is 248 g/mol. The number of nitrogens with one attached hydrogen (secondary N) is 1. The Kier molecular flexibility index (Phi) is 3.63. The van der Waals surface area contributed by atoms with Crippen molar-refractivity contribution in [1.82, 2.24) is 15.5 Å². The molecule has 0 saturated heterocycles. The highest BCUT2D eigenvalue weighted by molar-refractivity contribution is 5.34. The van der Waals surface area contributed by atoms with E-state index in [1.807, 2.05) is 6.07 Å². The molecule has 0 spiro atoms. The summed E-state index contributed by atoms with van der Waals surface area (Å²) >= 11 is 0. The summed E-state index contributed by atoms with van der Waals surface area (Å²) in [7, 11) is 0. The lowest BCUT2D eigenvalue weighted by atomic mass is 10.2. The van der Waals surface area contributed by atoms with Crippen LogP contribution in [0.3, 0.4) is 0 Å². The van der Waals surface area contributed by atoms with Crippen LogP contribution in [0, 0.1) is 17.0 Å². The maximum Gasteiger partial charge on any atom is 0.269 e. The summed E-state index contributed by atoms with van der Waals surface area (Å²) < 4.78 is 4.93. The number of aromatic nitrogens is 2. The molecule has 1 aromatic heterocycles. The normalized spacial score (nSPS) is 10.5. The number of nitro benzene ring substituents is 1. The van der Waals surface area contributed by atoms with Gasteiger partial charge in [-0.1, -0.05) is 17.3 Å². The summed E-state index contributed by atoms with van der Waals surface area (Å²) in [6.07, 6.45) is 0. The van der Waals surface area contributed by atoms with Gasteiger partial charge in [0.25, 0.3) is 5.69 Å². The van der Waals surface area contributed by atoms with Gasteiger partial charge in [0.1, 0.15) is 0 Å². The van der Waals surface area contributed by atoms with Gasteiger partial charge in [-0.15, -0.1) is 0 Å². The number of benzene rings is 1. The molecule has 1 N–H and O–H groups in total. The first-order chi connectivity index (χ1) is 8.65. The summed E-state index contributed by atoms with van der Waals surface area (Å²) in [4.78, 5) is 14.2. The van der Waals surface area contributed by atoms with Crippen LogP contribution >= 0.6 is 0 Å². The van der Waals surface area contributed by atoms with Crippen LogP contribution in [-0.4, -0.2) is 15.1 Å². The van der Waals surface area contributed by atoms with Crippen LogP contribution < -0.4 is 5.32 Å². The van der Waals surface area contributed by atoms with Crippen molar-refractivity contribution in [3.63, 3.8) is 0 Å². The van der Waals surface area contributed by atoms with E-state index in [1.54, 1.807) is 13.0 Å². The lowest BCUT2D eigenvalue weighted by Gasteiger charge is -2.01. The van der Waals surface area contributed by atoms with E-state index >= 15 is 0 Å². The molecule has 0 aliphatic rings. The second kappa shape index (κ2) is 5.37. The van der Waals surface area contributed by atoms with E-state index in [0.29, 0.717) is 24.8 Å². The number of nitro groups is 1. The van der Waals surface area contributed by atoms with Crippen molar-refractivity contribution in [3.8, 4) is 0 Å². The molecule has 0 bridgehead atoms. The average Bonchev–Trinajstić information content (AvgIpc) is 2.75. The minimum atomic E-state index is -0.412. The predicted octanol–water partition coefficient (Wildman–Crippen LogP) is 1.58. The molecule has 0 saturated carbocycles. The zero-order valence-electron chi connectivity index (χ0n) is 9.79. The number of rotatable bonds is 5. The molecular weight excluding hydrogens is 236 g/mol. The molecular formula is C11H12N4O3. The summed E-state index contributed by atoms with van der Waals surface area (Å²) in [6.45, 7) is 2.68. The van der Waals surface area contributed by atoms with Crippen molar-refractivity contribution >= 4 is 5.69 Å². The van der Waals surface area contributed by atoms with Crippen LogP contribution in [0.1, 0.15) is 17.3 Å². The van der Waals surface area contributed by atoms with Crippen molar-refractivity contribution in [3.05, 3.63) is 51.7 Å². The Labute approximate surface area is 103 Å². The number of aryl methyl sites for hydroxylation is 1. The van der Waals surface area contributed by atoms with Gasteiger partial charge in [-0.25, -0.2) is 0 Å². The van der Waals surface area contributed by atoms with E-state index in [4.69, 9.17) is 4.52 Å². The monoisotopic (exact) mass is 248 g/mol. The Morgan fingerprint density at radius 2 is 2.28 bits per heavy atom. The molecule has 0 amide bonds. The molecule has 18 heavy (non-hydrogen) atoms. The highest BCUT2D eigenvalue weighted by atomic mass is 16.6. The molecule has 0 unspecified atom stereocenters. The first-order valence-corrected chi connectivity index (χ1v) is 5.38. The van der Waals surface area contributed by atoms with Crippen molar-refractivity contribution < 1.29 is 9.45 Å². The SMILES string of the molecule is Cc1noc(CNCc2cccc([N+](=O)[O-])c2)n1. The molecule has 2 rings (SSSR count). The Hall–Kier alpha value is -2.28. The molecule has 0 radical (unpaired) electrons. The van der Waals surface area contributed by atoms with Gasteiger partial charge in [-0.05, 0) is 12.5 Å². The van der Waals surface area contributed by atoms with Gasteiger partial charge in [0.2, 0.25) is 5.89 Å². The van der Waals surface area contributed by atoms with Crippen molar-refractivity contribution in [2.45, 2.75) is 20.0 Å². The molecule has 0 atom stereocenters. The minimum Gasteiger partial charge on any atom is -0.338 e. The minimum absolute atomic E-state index is 0.0861. The Bertz CT molecular complexity index is 553. The van der Waals surface area contributed by atoms with Crippen LogP contribution in [0.2, 0.25) is 0 Å². The fraction of sp³-hybridized carbons (Fsp3) is 0.273. The number of nitrogens with zero attached hydrogens (tertiary/aromatic N) is 3. The maximum atomic E-state index is 10.6. The van der Waals surface area contributed by atoms with E-state index in [2.05, 4.69) is 15.5 Å². The largest absolute Gasteiger partial charge is 0.338 e. The van der Waals surface area contributed by atoms with Gasteiger partial charge >= 0.3 is 0 Å². The predicted molar refractivity (Wildman–Crippen MR) is 62.7 cm³/mol. The van der Waals surface area contributed by atoms with Crippen molar-refractivity contribution in [1.29, 1.82) is 0 Å². The van der Waals surface area contributed by atoms with E-state index < -0.39 is 4.92 Å². The van der Waals surface area contributed by atoms with Crippen LogP contribution in [0.4, 0.5) is 5.69 Å². The van der Waals surface area contributed by atoms with E-state index in [9.17, 15) is 10.1 Å². The Balaban J connectivity index is 1.90. The second-order valence-electron chi connectivity index (χ2n) is 3.77. The lowest BCUT2D eigenvalue weighted by Crippen LogP contribution is -2.13. The highest BCUT2D eigenvalue weighted by Gasteiger charge is 2.06. The fourth-order valence-corrected chi connectivity index (χ4v) is 1.51. The number of hydrogen-bond acceptors (Lipinski definition) is 6. The molecule has 7 heteroatoms. The first-order valence-electron chi connectivity index (χ1n) is 5.38. The van der Waals surface area contributed by atoms with Gasteiger partial charge in [-0.2, -0.15) is 4.98 Å². The molecule has 1 heterocycles. The number of hydrogen-bond donors (Lipinski definition) is 1. The zero-order valence-corrected chi connectivity index (χ0v) is 9.79. The second-order valence-corrected chi connectivity index (χ2v) is 3.77. The molecule has 0 aliphatic heterocycles. The molecule has 0 aliphatic carbocycles. The van der Waals surface area contributed by atoms with Crippen molar-refractivity contribution in [2.75, 3.05) is 0 Å². The fourth-order valence-electron chi connectivity index (χ4n) is 1.51. The van der Waals surface area contributed by atoms with E-state index in [1.165, 1.54) is 12.1 Å². The first kappa shape index (κ1) is 12.2. The van der Waals surface area contributed by atoms with Crippen molar-refractivity contribution in [2.24, 2.45) is 0 Å². The molecule has 94 valence electrons. The smallest absolute Gasteiger partial charge is 0.269 e. The van der Waals surface area contributed by atoms with Crippen LogP contribution in [-0.2, 0) is 13.1 Å². The van der Waals surface area contributed by atoms with E-state index in [-0.39, 0.29) is 5.69 Å². The third kappa shape index (κ3) is 3.11. The standard InChI is InChI=1S/C11H12N4O3/c1-8-13-11(18-14-8)7-12-6-9-3-2-4-10(5-9)15(16)17/h2-5,12H,6-7H2,1H3. The van der Waals surface area contributed by atoms with E-state index in [0.717, 1.165) is 5.56 Å². The molecule has 0 fully saturated rings. The molecule has 7 nitrogen and oxygen atoms in total. The third-order valence-corrected chi connectivity index (χ3v) is 2.30. The maximum absolute atomic E-state index is 10.6. The summed E-state index contributed by atoms with van der Waals surface area (Å²) in [5.41, 5.74) is 0.920. The lowest BCUT2D eigenvalue weighted by molar-refractivity contribution is -0.384. The molecule has 1 aromatic carbocycles. The summed E-state index contributed by atoms with van der Waals surface area (Å²) in [6, 6.07) is 6.47. The Morgan fingerprint density at radius 1 is 1.44 bits per heavy atom. The van der Waals surface area contributed by atoms with Gasteiger partial charge in [0, 0.05) is 18.7 Å². The quantitative estimate of drug-likeness (QED) is 0.637. The Morgan fingerprint density at radius 3 is 2.94 bits per heavy atom. The van der Waals surface area contributed by atoms with Crippen LogP contribution in [0.5, 0.6) is 0 Å². The van der Waals surface area contributed by atoms with Gasteiger partial charge in [-0.3, -0.25) is 10.1 Å². The van der Waals surface area contributed by atoms with Gasteiger partial charge in [0.15, 0.2) is 5.82 Å². The summed E-state index contributed by atoms with van der Waals surface area (Å²) in [5.74, 6) is 1.08.